The van der Waals surface area contributed by atoms with Crippen LogP contribution in [0.4, 0.5) is 0 Å². The van der Waals surface area contributed by atoms with Crippen LogP contribution in [0.25, 0.3) is 0 Å². The minimum Gasteiger partial charge on any atom is -0.496 e. The number of carbonyl (C=O) groups is 1. The van der Waals surface area contributed by atoms with E-state index in [1.54, 1.807) is 7.11 Å². The van der Waals surface area contributed by atoms with E-state index < -0.39 is 5.97 Å². The van der Waals surface area contributed by atoms with Gasteiger partial charge in [-0.2, -0.15) is 0 Å². The summed E-state index contributed by atoms with van der Waals surface area (Å²) in [7, 11) is 1.59. The molecule has 0 saturated heterocycles. The second kappa shape index (κ2) is 5.53. The van der Waals surface area contributed by atoms with E-state index in [0.29, 0.717) is 12.3 Å². The van der Waals surface area contributed by atoms with Crippen LogP contribution in [0.5, 0.6) is 5.75 Å². The van der Waals surface area contributed by atoms with Gasteiger partial charge in [0, 0.05) is 12.0 Å². The highest BCUT2D eigenvalue weighted by Crippen LogP contribution is 2.26. The molecule has 0 saturated carbocycles. The third kappa shape index (κ3) is 3.34. The highest BCUT2D eigenvalue weighted by atomic mass is 16.5. The Morgan fingerprint density at radius 1 is 1.47 bits per heavy atom. The molecular weight excluding hydrogens is 216 g/mol. The lowest BCUT2D eigenvalue weighted by molar-refractivity contribution is -0.132. The van der Waals surface area contributed by atoms with E-state index in [2.05, 4.69) is 20.4 Å². The maximum absolute atomic E-state index is 10.7. The molecule has 0 aliphatic carbocycles. The fraction of sp³-hybridized carbons (Fsp3) is 0.357. The average molecular weight is 234 g/mol. The summed E-state index contributed by atoms with van der Waals surface area (Å²) in [6, 6.07) is 5.86. The highest BCUT2D eigenvalue weighted by molar-refractivity contribution is 5.86. The summed E-state index contributed by atoms with van der Waals surface area (Å²) >= 11 is 0. The van der Waals surface area contributed by atoms with Gasteiger partial charge in [-0.3, -0.25) is 0 Å². The van der Waals surface area contributed by atoms with Crippen molar-refractivity contribution in [2.75, 3.05) is 7.11 Å². The molecule has 0 aromatic heterocycles. The third-order valence-corrected chi connectivity index (χ3v) is 2.68. The number of hydrogen-bond acceptors (Lipinski definition) is 2. The molecule has 3 nitrogen and oxygen atoms in total. The number of ether oxygens (including phenoxy) is 1. The van der Waals surface area contributed by atoms with E-state index >= 15 is 0 Å². The van der Waals surface area contributed by atoms with Crippen molar-refractivity contribution in [3.63, 3.8) is 0 Å². The van der Waals surface area contributed by atoms with Crippen molar-refractivity contribution in [2.45, 2.75) is 26.2 Å². The first kappa shape index (κ1) is 13.3. The fourth-order valence-corrected chi connectivity index (χ4v) is 1.57. The smallest absolute Gasteiger partial charge is 0.331 e. The molecule has 1 N–H and O–H groups in total. The van der Waals surface area contributed by atoms with Crippen molar-refractivity contribution < 1.29 is 14.6 Å². The largest absolute Gasteiger partial charge is 0.496 e. The molecule has 1 rings (SSSR count). The van der Waals surface area contributed by atoms with E-state index in [1.807, 2.05) is 18.2 Å². The number of rotatable bonds is 5. The van der Waals surface area contributed by atoms with Crippen LogP contribution in [-0.4, -0.2) is 18.2 Å². The number of benzene rings is 1. The number of carboxylic acids is 1. The fourth-order valence-electron chi connectivity index (χ4n) is 1.57. The summed E-state index contributed by atoms with van der Waals surface area (Å²) in [5.41, 5.74) is 2.19. The van der Waals surface area contributed by atoms with Crippen molar-refractivity contribution in [1.82, 2.24) is 0 Å². The molecule has 1 aromatic rings. The molecule has 0 bridgehead atoms. The predicted octanol–water partition coefficient (Wildman–Crippen LogP) is 3.00. The molecule has 0 aliphatic rings. The predicted molar refractivity (Wildman–Crippen MR) is 67.6 cm³/mol. The Bertz CT molecular complexity index is 433. The zero-order valence-electron chi connectivity index (χ0n) is 10.5. The standard InChI is InChI=1S/C14H18O3/c1-9(2)11-5-6-12(13(8-11)17-4)7-10(3)14(15)16/h5-6,8-9H,3,7H2,1-2,4H3,(H,15,16). The van der Waals surface area contributed by atoms with Crippen LogP contribution in [0.3, 0.4) is 0 Å². The van der Waals surface area contributed by atoms with Gasteiger partial charge in [0.1, 0.15) is 5.75 Å². The molecule has 3 heteroatoms. The Labute approximate surface area is 102 Å². The molecule has 0 aliphatic heterocycles. The van der Waals surface area contributed by atoms with Gasteiger partial charge in [-0.25, -0.2) is 4.79 Å². The van der Waals surface area contributed by atoms with Gasteiger partial charge in [0.05, 0.1) is 7.11 Å². The molecule has 0 heterocycles. The molecule has 0 fully saturated rings. The number of methoxy groups -OCH3 is 1. The van der Waals surface area contributed by atoms with E-state index in [9.17, 15) is 4.79 Å². The van der Waals surface area contributed by atoms with Crippen molar-refractivity contribution in [2.24, 2.45) is 0 Å². The highest BCUT2D eigenvalue weighted by Gasteiger charge is 2.11. The Kier molecular flexibility index (Phi) is 4.32. The van der Waals surface area contributed by atoms with Gasteiger partial charge in [0.15, 0.2) is 0 Å². The minimum absolute atomic E-state index is 0.167. The van der Waals surface area contributed by atoms with Gasteiger partial charge in [-0.1, -0.05) is 32.6 Å². The first-order chi connectivity index (χ1) is 7.95. The van der Waals surface area contributed by atoms with Crippen LogP contribution >= 0.6 is 0 Å². The summed E-state index contributed by atoms with van der Waals surface area (Å²) in [4.78, 5) is 10.7. The zero-order chi connectivity index (χ0) is 13.0. The van der Waals surface area contributed by atoms with E-state index in [4.69, 9.17) is 9.84 Å². The van der Waals surface area contributed by atoms with Crippen molar-refractivity contribution in [3.05, 3.63) is 41.5 Å². The second-order valence-electron chi connectivity index (χ2n) is 4.31. The lowest BCUT2D eigenvalue weighted by Gasteiger charge is -2.12. The lowest BCUT2D eigenvalue weighted by atomic mass is 9.98. The Morgan fingerprint density at radius 3 is 2.59 bits per heavy atom. The van der Waals surface area contributed by atoms with Crippen LogP contribution < -0.4 is 4.74 Å². The van der Waals surface area contributed by atoms with Crippen LogP contribution in [-0.2, 0) is 11.2 Å². The quantitative estimate of drug-likeness (QED) is 0.797. The van der Waals surface area contributed by atoms with Gasteiger partial charge >= 0.3 is 5.97 Å². The van der Waals surface area contributed by atoms with Gasteiger partial charge in [-0.15, -0.1) is 0 Å². The maximum Gasteiger partial charge on any atom is 0.331 e. The summed E-state index contributed by atoms with van der Waals surface area (Å²) in [5, 5.41) is 8.81. The van der Waals surface area contributed by atoms with Crippen molar-refractivity contribution in [1.29, 1.82) is 0 Å². The molecule has 0 amide bonds. The summed E-state index contributed by atoms with van der Waals surface area (Å²) in [5.74, 6) is 0.166. The van der Waals surface area contributed by atoms with Gasteiger partial charge < -0.3 is 9.84 Å². The van der Waals surface area contributed by atoms with E-state index in [0.717, 1.165) is 11.3 Å². The monoisotopic (exact) mass is 234 g/mol. The average Bonchev–Trinajstić information content (AvgIpc) is 2.28. The van der Waals surface area contributed by atoms with Gasteiger partial charge in [0.25, 0.3) is 0 Å². The molecule has 0 atom stereocenters. The normalized spacial score (nSPS) is 10.4. The summed E-state index contributed by atoms with van der Waals surface area (Å²) in [6.07, 6.45) is 0.302. The van der Waals surface area contributed by atoms with Gasteiger partial charge in [0.2, 0.25) is 0 Å². The molecular formula is C14H18O3. The van der Waals surface area contributed by atoms with Crippen LogP contribution in [0.2, 0.25) is 0 Å². The minimum atomic E-state index is -0.972. The first-order valence-corrected chi connectivity index (χ1v) is 5.53. The number of aliphatic carboxylic acids is 1. The van der Waals surface area contributed by atoms with E-state index in [-0.39, 0.29) is 5.57 Å². The summed E-state index contributed by atoms with van der Waals surface area (Å²) in [6.45, 7) is 7.73. The second-order valence-corrected chi connectivity index (χ2v) is 4.31. The first-order valence-electron chi connectivity index (χ1n) is 5.53. The SMILES string of the molecule is C=C(Cc1ccc(C(C)C)cc1OC)C(=O)O. The van der Waals surface area contributed by atoms with Crippen LogP contribution in [0.1, 0.15) is 30.9 Å². The molecule has 92 valence electrons. The molecule has 1 aromatic carbocycles. The van der Waals surface area contributed by atoms with Crippen LogP contribution in [0, 0.1) is 0 Å². The van der Waals surface area contributed by atoms with Crippen LogP contribution in [0.15, 0.2) is 30.4 Å². The third-order valence-electron chi connectivity index (χ3n) is 2.68. The summed E-state index contributed by atoms with van der Waals surface area (Å²) < 4.78 is 5.28. The van der Waals surface area contributed by atoms with E-state index in [1.165, 1.54) is 5.56 Å². The Morgan fingerprint density at radius 2 is 2.12 bits per heavy atom. The Hall–Kier alpha value is -1.77. The number of carboxylic acid groups (broad SMARTS) is 1. The number of hydrogen-bond donors (Lipinski definition) is 1. The molecule has 0 radical (unpaired) electrons. The topological polar surface area (TPSA) is 46.5 Å². The lowest BCUT2D eigenvalue weighted by Crippen LogP contribution is -2.04. The van der Waals surface area contributed by atoms with Crippen molar-refractivity contribution >= 4 is 5.97 Å². The van der Waals surface area contributed by atoms with Gasteiger partial charge in [-0.05, 0) is 23.1 Å². The maximum atomic E-state index is 10.7. The molecule has 0 spiro atoms. The Balaban J connectivity index is 3.00. The zero-order valence-corrected chi connectivity index (χ0v) is 10.5. The van der Waals surface area contributed by atoms with Crippen molar-refractivity contribution in [3.8, 4) is 5.75 Å². The molecule has 0 unspecified atom stereocenters. The molecule has 17 heavy (non-hydrogen) atoms.